The summed E-state index contributed by atoms with van der Waals surface area (Å²) in [5, 5.41) is 9.08. The van der Waals surface area contributed by atoms with Gasteiger partial charge in [-0.2, -0.15) is 0 Å². The zero-order chi connectivity index (χ0) is 16.2. The fourth-order valence-corrected chi connectivity index (χ4v) is 3.57. The monoisotopic (exact) mass is 322 g/mol. The van der Waals surface area contributed by atoms with Crippen LogP contribution in [-0.2, 0) is 24.3 Å². The minimum Gasteiger partial charge on any atom is -0.481 e. The number of carbonyl (C=O) groups is 2. The summed E-state index contributed by atoms with van der Waals surface area (Å²) >= 11 is 0. The molecule has 0 aromatic rings. The Morgan fingerprint density at radius 3 is 2.57 bits per heavy atom. The van der Waals surface area contributed by atoms with Crippen molar-refractivity contribution in [3.8, 4) is 0 Å². The van der Waals surface area contributed by atoms with Crippen molar-refractivity contribution in [2.24, 2.45) is 5.92 Å². The van der Waals surface area contributed by atoms with Gasteiger partial charge in [-0.3, -0.25) is 9.59 Å². The molecule has 0 spiro atoms. The largest absolute Gasteiger partial charge is 0.481 e. The minimum atomic E-state index is -3.51. The molecule has 1 amide bonds. The number of sulfonamides is 1. The Morgan fingerprint density at radius 1 is 1.43 bits per heavy atom. The number of hydrogen-bond donors (Lipinski definition) is 2. The van der Waals surface area contributed by atoms with Crippen molar-refractivity contribution in [3.63, 3.8) is 0 Å². The maximum atomic E-state index is 12.2. The number of carboxylic acid groups (broad SMARTS) is 1. The number of aliphatic carboxylic acids is 1. The fraction of sp³-hybridized carbons (Fsp3) is 0.833. The van der Waals surface area contributed by atoms with Crippen molar-refractivity contribution in [3.05, 3.63) is 0 Å². The molecule has 1 aliphatic heterocycles. The predicted octanol–water partition coefficient (Wildman–Crippen LogP) is -0.738. The average Bonchev–Trinajstić information content (AvgIpc) is 2.85. The Bertz CT molecular complexity index is 492. The summed E-state index contributed by atoms with van der Waals surface area (Å²) in [7, 11) is -2.05. The van der Waals surface area contributed by atoms with Crippen LogP contribution in [0.4, 0.5) is 0 Å². The van der Waals surface area contributed by atoms with E-state index in [1.807, 2.05) is 0 Å². The smallest absolute Gasteiger partial charge is 0.311 e. The number of carbonyl (C=O) groups excluding carboxylic acids is 1. The van der Waals surface area contributed by atoms with Gasteiger partial charge in [-0.25, -0.2) is 13.1 Å². The van der Waals surface area contributed by atoms with Crippen LogP contribution in [-0.4, -0.2) is 68.4 Å². The number of amides is 1. The summed E-state index contributed by atoms with van der Waals surface area (Å²) < 4.78 is 30.7. The van der Waals surface area contributed by atoms with Gasteiger partial charge in [-0.1, -0.05) is 6.92 Å². The van der Waals surface area contributed by atoms with Crippen LogP contribution in [0, 0.1) is 5.92 Å². The molecule has 1 fully saturated rings. The first-order valence-electron chi connectivity index (χ1n) is 6.76. The lowest BCUT2D eigenvalue weighted by Gasteiger charge is -2.29. The van der Waals surface area contributed by atoms with Crippen LogP contribution in [0.1, 0.15) is 20.3 Å². The van der Waals surface area contributed by atoms with Crippen LogP contribution in [0.5, 0.6) is 0 Å². The number of carboxylic acids is 1. The Kier molecular flexibility index (Phi) is 6.11. The lowest BCUT2D eigenvalue weighted by Crippen LogP contribution is -2.52. The minimum absolute atomic E-state index is 0.0492. The van der Waals surface area contributed by atoms with Gasteiger partial charge in [0.15, 0.2) is 0 Å². The van der Waals surface area contributed by atoms with Crippen LogP contribution >= 0.6 is 0 Å². The van der Waals surface area contributed by atoms with Gasteiger partial charge in [0.25, 0.3) is 0 Å². The second-order valence-corrected chi connectivity index (χ2v) is 7.03. The maximum absolute atomic E-state index is 12.2. The van der Waals surface area contributed by atoms with E-state index in [0.717, 1.165) is 0 Å². The highest BCUT2D eigenvalue weighted by atomic mass is 32.2. The molecule has 0 saturated carbocycles. The van der Waals surface area contributed by atoms with Crippen molar-refractivity contribution < 1.29 is 27.9 Å². The van der Waals surface area contributed by atoms with E-state index in [2.05, 4.69) is 4.72 Å². The van der Waals surface area contributed by atoms with Gasteiger partial charge in [0.1, 0.15) is 5.92 Å². The fourth-order valence-electron chi connectivity index (χ4n) is 2.28. The summed E-state index contributed by atoms with van der Waals surface area (Å²) in [5.41, 5.74) is 0. The molecule has 1 heterocycles. The predicted molar refractivity (Wildman–Crippen MR) is 75.2 cm³/mol. The summed E-state index contributed by atoms with van der Waals surface area (Å²) in [6.45, 7) is 3.35. The lowest BCUT2D eigenvalue weighted by molar-refractivity contribution is -0.144. The highest BCUT2D eigenvalue weighted by molar-refractivity contribution is 7.89. The molecule has 0 aromatic carbocycles. The van der Waals surface area contributed by atoms with E-state index in [0.29, 0.717) is 6.42 Å². The molecule has 3 unspecified atom stereocenters. The normalized spacial score (nSPS) is 23.8. The van der Waals surface area contributed by atoms with Crippen LogP contribution in [0.3, 0.4) is 0 Å². The van der Waals surface area contributed by atoms with E-state index in [9.17, 15) is 18.0 Å². The van der Waals surface area contributed by atoms with Crippen LogP contribution in [0.25, 0.3) is 0 Å². The molecule has 1 rings (SSSR count). The van der Waals surface area contributed by atoms with Crippen LogP contribution in [0.2, 0.25) is 0 Å². The molecule has 8 nitrogen and oxygen atoms in total. The molecular formula is C12H22N2O6S. The Hall–Kier alpha value is -1.19. The molecule has 2 N–H and O–H groups in total. The summed E-state index contributed by atoms with van der Waals surface area (Å²) in [6, 6.07) is -1.53. The molecule has 0 bridgehead atoms. The first kappa shape index (κ1) is 17.9. The van der Waals surface area contributed by atoms with E-state index in [1.165, 1.54) is 18.9 Å². The molecule has 1 saturated heterocycles. The number of nitrogens with one attached hydrogen (secondary N) is 1. The van der Waals surface area contributed by atoms with Gasteiger partial charge in [0.2, 0.25) is 15.9 Å². The first-order valence-corrected chi connectivity index (χ1v) is 8.42. The highest BCUT2D eigenvalue weighted by Gasteiger charge is 2.39. The van der Waals surface area contributed by atoms with Gasteiger partial charge in [0.05, 0.1) is 31.1 Å². The number of hydrogen-bond acceptors (Lipinski definition) is 5. The second kappa shape index (κ2) is 7.19. The van der Waals surface area contributed by atoms with Crippen molar-refractivity contribution in [2.45, 2.75) is 32.4 Å². The third kappa shape index (κ3) is 4.65. The van der Waals surface area contributed by atoms with Gasteiger partial charge >= 0.3 is 5.97 Å². The molecule has 21 heavy (non-hydrogen) atoms. The van der Waals surface area contributed by atoms with Crippen molar-refractivity contribution in [2.75, 3.05) is 26.0 Å². The van der Waals surface area contributed by atoms with Crippen molar-refractivity contribution in [1.82, 2.24) is 9.62 Å². The van der Waals surface area contributed by atoms with E-state index < -0.39 is 39.9 Å². The third-order valence-electron chi connectivity index (χ3n) is 3.41. The number of rotatable bonds is 7. The molecule has 0 aromatic heterocycles. The van der Waals surface area contributed by atoms with Gasteiger partial charge in [0, 0.05) is 7.05 Å². The molecular weight excluding hydrogens is 300 g/mol. The Morgan fingerprint density at radius 2 is 2.05 bits per heavy atom. The standard InChI is InChI=1S/C12H22N2O6S/c1-4-5-21(18,19)13-8(2)11(15)14(3)10-7-20-6-9(10)12(16)17/h8-10,13H,4-7H2,1-3H3,(H,16,17). The van der Waals surface area contributed by atoms with E-state index in [1.54, 1.807) is 6.92 Å². The van der Waals surface area contributed by atoms with Gasteiger partial charge in [-0.15, -0.1) is 0 Å². The third-order valence-corrected chi connectivity index (χ3v) is 5.07. The summed E-state index contributed by atoms with van der Waals surface area (Å²) in [4.78, 5) is 24.6. The Balaban J connectivity index is 2.71. The summed E-state index contributed by atoms with van der Waals surface area (Å²) in [6.07, 6.45) is 0.448. The molecule has 0 aliphatic carbocycles. The van der Waals surface area contributed by atoms with Gasteiger partial charge < -0.3 is 14.7 Å². The highest BCUT2D eigenvalue weighted by Crippen LogP contribution is 2.19. The second-order valence-electron chi connectivity index (χ2n) is 5.16. The SMILES string of the molecule is CCCS(=O)(=O)NC(C)C(=O)N(C)C1COCC1C(=O)O. The maximum Gasteiger partial charge on any atom is 0.311 e. The zero-order valence-corrected chi connectivity index (χ0v) is 13.2. The quantitative estimate of drug-likeness (QED) is 0.638. The number of nitrogens with zero attached hydrogens (tertiary/aromatic N) is 1. The molecule has 9 heteroatoms. The topological polar surface area (TPSA) is 113 Å². The molecule has 122 valence electrons. The molecule has 1 aliphatic rings. The van der Waals surface area contributed by atoms with Crippen molar-refractivity contribution >= 4 is 21.9 Å². The molecule has 0 radical (unpaired) electrons. The average molecular weight is 322 g/mol. The van der Waals surface area contributed by atoms with Gasteiger partial charge in [-0.05, 0) is 13.3 Å². The number of likely N-dealkylation sites (N-methyl/N-ethyl adjacent to an activating group) is 1. The van der Waals surface area contributed by atoms with Crippen molar-refractivity contribution in [1.29, 1.82) is 0 Å². The van der Waals surface area contributed by atoms with Crippen LogP contribution in [0.15, 0.2) is 0 Å². The lowest BCUT2D eigenvalue weighted by atomic mass is 10.0. The van der Waals surface area contributed by atoms with E-state index in [-0.39, 0.29) is 19.0 Å². The first-order chi connectivity index (χ1) is 9.69. The molecule has 3 atom stereocenters. The van der Waals surface area contributed by atoms with Crippen LogP contribution < -0.4 is 4.72 Å². The van der Waals surface area contributed by atoms with E-state index >= 15 is 0 Å². The number of ether oxygens (including phenoxy) is 1. The Labute approximate surface area is 124 Å². The van der Waals surface area contributed by atoms with E-state index in [4.69, 9.17) is 9.84 Å². The summed E-state index contributed by atoms with van der Waals surface area (Å²) in [5.74, 6) is -2.36. The zero-order valence-electron chi connectivity index (χ0n) is 12.4.